The van der Waals surface area contributed by atoms with Crippen LogP contribution in [0.3, 0.4) is 0 Å². The first kappa shape index (κ1) is 17.2. The molecule has 4 rings (SSSR count). The minimum Gasteiger partial charge on any atom is -0.504 e. The molecule has 1 aromatic carbocycles. The molecule has 0 bridgehead atoms. The van der Waals surface area contributed by atoms with E-state index in [1.165, 1.54) is 24.3 Å². The molecule has 0 saturated carbocycles. The number of rotatable bonds is 3. The van der Waals surface area contributed by atoms with E-state index < -0.39 is 23.1 Å². The maximum Gasteiger partial charge on any atom is 0.320 e. The van der Waals surface area contributed by atoms with Crippen molar-refractivity contribution in [1.82, 2.24) is 5.32 Å². The summed E-state index contributed by atoms with van der Waals surface area (Å²) in [6.45, 7) is -0.127. The third-order valence-electron chi connectivity index (χ3n) is 4.85. The van der Waals surface area contributed by atoms with Crippen molar-refractivity contribution in [3.8, 4) is 11.5 Å². The molecule has 0 aromatic heterocycles. The first-order valence-corrected chi connectivity index (χ1v) is 8.31. The van der Waals surface area contributed by atoms with Gasteiger partial charge in [0.1, 0.15) is 6.61 Å². The van der Waals surface area contributed by atoms with Gasteiger partial charge in [-0.25, -0.2) is 0 Å². The van der Waals surface area contributed by atoms with E-state index in [1.54, 1.807) is 7.05 Å². The fourth-order valence-corrected chi connectivity index (χ4v) is 3.75. The zero-order valence-corrected chi connectivity index (χ0v) is 14.4. The van der Waals surface area contributed by atoms with Crippen molar-refractivity contribution in [2.75, 3.05) is 20.2 Å². The highest BCUT2D eigenvalue weighted by atomic mass is 16.6. The number of benzene rings is 1. The summed E-state index contributed by atoms with van der Waals surface area (Å²) in [6.07, 6.45) is 2.92. The molecule has 8 heteroatoms. The highest BCUT2D eigenvalue weighted by Gasteiger charge is 2.52. The zero-order chi connectivity index (χ0) is 19.3. The Labute approximate surface area is 154 Å². The topological polar surface area (TPSA) is 125 Å². The normalized spacial score (nSPS) is 22.9. The molecular formula is C19H17NO7. The van der Waals surface area contributed by atoms with Gasteiger partial charge in [0.05, 0.1) is 6.54 Å². The lowest BCUT2D eigenvalue weighted by Gasteiger charge is -2.37. The van der Waals surface area contributed by atoms with Crippen LogP contribution < -0.4 is 5.32 Å². The van der Waals surface area contributed by atoms with Crippen molar-refractivity contribution >= 4 is 17.3 Å². The lowest BCUT2D eigenvalue weighted by molar-refractivity contribution is -0.156. The maximum absolute atomic E-state index is 12.2. The van der Waals surface area contributed by atoms with Crippen molar-refractivity contribution in [2.24, 2.45) is 0 Å². The molecule has 4 N–H and O–H groups in total. The summed E-state index contributed by atoms with van der Waals surface area (Å²) in [5, 5.41) is 32.6. The Morgan fingerprint density at radius 3 is 2.74 bits per heavy atom. The van der Waals surface area contributed by atoms with Gasteiger partial charge >= 0.3 is 5.97 Å². The molecule has 0 unspecified atom stereocenters. The molecule has 1 heterocycles. The Morgan fingerprint density at radius 2 is 2.00 bits per heavy atom. The summed E-state index contributed by atoms with van der Waals surface area (Å²) < 4.78 is 11.4. The number of phenols is 2. The summed E-state index contributed by atoms with van der Waals surface area (Å²) >= 11 is 0. The second-order valence-electron chi connectivity index (χ2n) is 6.63. The summed E-state index contributed by atoms with van der Waals surface area (Å²) in [6, 6.07) is 2.79. The Balaban J connectivity index is 1.95. The van der Waals surface area contributed by atoms with E-state index in [2.05, 4.69) is 5.32 Å². The second kappa shape index (κ2) is 5.88. The summed E-state index contributed by atoms with van der Waals surface area (Å²) in [4.78, 5) is 24.0. The number of aliphatic hydroxyl groups excluding tert-OH is 1. The van der Waals surface area contributed by atoms with Crippen LogP contribution in [-0.4, -0.2) is 52.9 Å². The Bertz CT molecular complexity index is 973. The number of fused-ring (bicyclic) bond motifs is 4. The fraction of sp³-hybridized carbons (Fsp3) is 0.263. The molecule has 0 radical (unpaired) electrons. The van der Waals surface area contributed by atoms with Crippen molar-refractivity contribution < 1.29 is 34.4 Å². The van der Waals surface area contributed by atoms with Crippen LogP contribution >= 0.6 is 0 Å². The number of hydrogen-bond donors (Lipinski definition) is 4. The minimum atomic E-state index is -1.19. The minimum absolute atomic E-state index is 0.0122. The van der Waals surface area contributed by atoms with Crippen molar-refractivity contribution in [2.45, 2.75) is 12.0 Å². The first-order valence-electron chi connectivity index (χ1n) is 8.31. The van der Waals surface area contributed by atoms with Crippen LogP contribution in [0.2, 0.25) is 0 Å². The number of aromatic hydroxyl groups is 2. The number of hydrogen-bond acceptors (Lipinski definition) is 8. The zero-order valence-electron chi connectivity index (χ0n) is 14.4. The average Bonchev–Trinajstić information content (AvgIpc) is 2.91. The SMILES string of the molecule is CNCC(=O)O[C@]12COC3=C(O)C(=O)C=CC3=C1c1cc(O)c(O)cc1C2. The molecule has 8 nitrogen and oxygen atoms in total. The smallest absolute Gasteiger partial charge is 0.320 e. The molecule has 1 atom stereocenters. The molecule has 0 saturated heterocycles. The van der Waals surface area contributed by atoms with Gasteiger partial charge in [0.25, 0.3) is 0 Å². The van der Waals surface area contributed by atoms with E-state index >= 15 is 0 Å². The predicted octanol–water partition coefficient (Wildman–Crippen LogP) is 0.848. The van der Waals surface area contributed by atoms with Crippen LogP contribution in [0.25, 0.3) is 5.57 Å². The van der Waals surface area contributed by atoms with Crippen LogP contribution in [0, 0.1) is 0 Å². The average molecular weight is 371 g/mol. The van der Waals surface area contributed by atoms with Crippen molar-refractivity contribution in [3.05, 3.63) is 52.5 Å². The molecule has 0 fully saturated rings. The summed E-state index contributed by atoms with van der Waals surface area (Å²) in [5.41, 5.74) is 0.943. The third-order valence-corrected chi connectivity index (χ3v) is 4.85. The molecule has 1 aliphatic heterocycles. The lowest BCUT2D eigenvalue weighted by atomic mass is 9.85. The van der Waals surface area contributed by atoms with Crippen LogP contribution in [0.4, 0.5) is 0 Å². The number of esters is 1. The van der Waals surface area contributed by atoms with Gasteiger partial charge in [-0.05, 0) is 42.5 Å². The number of phenolic OH excluding ortho intramolecular Hbond substituents is 2. The highest BCUT2D eigenvalue weighted by Crippen LogP contribution is 2.52. The highest BCUT2D eigenvalue weighted by molar-refractivity contribution is 6.06. The number of likely N-dealkylation sites (N-methyl/N-ethyl adjacent to an activating group) is 1. The Kier molecular flexibility index (Phi) is 3.74. The maximum atomic E-state index is 12.2. The number of aliphatic hydroxyl groups is 1. The lowest BCUT2D eigenvalue weighted by Crippen LogP contribution is -2.45. The second-order valence-corrected chi connectivity index (χ2v) is 6.63. The van der Waals surface area contributed by atoms with Gasteiger partial charge < -0.3 is 30.1 Å². The monoisotopic (exact) mass is 371 g/mol. The van der Waals surface area contributed by atoms with Gasteiger partial charge in [0.2, 0.25) is 11.5 Å². The van der Waals surface area contributed by atoms with E-state index in [4.69, 9.17) is 9.47 Å². The molecule has 3 aliphatic rings. The van der Waals surface area contributed by atoms with Gasteiger partial charge in [-0.2, -0.15) is 0 Å². The van der Waals surface area contributed by atoms with Gasteiger partial charge in [-0.1, -0.05) is 0 Å². The van der Waals surface area contributed by atoms with E-state index in [0.29, 0.717) is 22.3 Å². The third kappa shape index (κ3) is 2.48. The first-order chi connectivity index (χ1) is 12.9. The number of allylic oxidation sites excluding steroid dienone is 2. The number of ether oxygens (including phenoxy) is 2. The van der Waals surface area contributed by atoms with Crippen LogP contribution in [-0.2, 0) is 25.5 Å². The standard InChI is InChI=1S/C19H17NO7/c1-20-7-15(24)27-19-6-9-4-13(22)14(23)5-11(9)16(19)10-2-3-12(21)17(25)18(10)26-8-19/h2-5,20,22-23,25H,6-8H2,1H3/t19-/m1/s1. The predicted molar refractivity (Wildman–Crippen MR) is 92.9 cm³/mol. The van der Waals surface area contributed by atoms with Gasteiger partial charge in [-0.15, -0.1) is 0 Å². The van der Waals surface area contributed by atoms with E-state index in [9.17, 15) is 24.9 Å². The van der Waals surface area contributed by atoms with Crippen molar-refractivity contribution in [3.63, 3.8) is 0 Å². The van der Waals surface area contributed by atoms with E-state index in [1.807, 2.05) is 0 Å². The van der Waals surface area contributed by atoms with Crippen LogP contribution in [0.1, 0.15) is 11.1 Å². The fourth-order valence-electron chi connectivity index (χ4n) is 3.75. The molecule has 2 aliphatic carbocycles. The van der Waals surface area contributed by atoms with Gasteiger partial charge in [0.15, 0.2) is 22.9 Å². The van der Waals surface area contributed by atoms with E-state index in [0.717, 1.165) is 0 Å². The number of ketones is 1. The Morgan fingerprint density at radius 1 is 1.26 bits per heavy atom. The number of nitrogens with one attached hydrogen (secondary N) is 1. The number of carbonyl (C=O) groups excluding carboxylic acids is 2. The summed E-state index contributed by atoms with van der Waals surface area (Å²) in [7, 11) is 1.61. The van der Waals surface area contributed by atoms with Gasteiger partial charge in [-0.3, -0.25) is 9.59 Å². The molecule has 0 spiro atoms. The van der Waals surface area contributed by atoms with E-state index in [-0.39, 0.29) is 36.8 Å². The van der Waals surface area contributed by atoms with Crippen LogP contribution in [0.15, 0.2) is 41.4 Å². The molecule has 0 amide bonds. The molecule has 27 heavy (non-hydrogen) atoms. The van der Waals surface area contributed by atoms with Gasteiger partial charge in [0, 0.05) is 17.6 Å². The molecular weight excluding hydrogens is 354 g/mol. The summed E-state index contributed by atoms with van der Waals surface area (Å²) in [5.74, 6) is -2.21. The molecule has 1 aromatic rings. The Hall–Kier alpha value is -3.26. The number of carbonyl (C=O) groups is 2. The van der Waals surface area contributed by atoms with Crippen LogP contribution in [0.5, 0.6) is 11.5 Å². The largest absolute Gasteiger partial charge is 0.504 e. The van der Waals surface area contributed by atoms with Crippen molar-refractivity contribution in [1.29, 1.82) is 0 Å². The quantitative estimate of drug-likeness (QED) is 0.455. The molecule has 140 valence electrons.